The zero-order valence-corrected chi connectivity index (χ0v) is 21.2. The van der Waals surface area contributed by atoms with E-state index >= 15 is 0 Å². The number of furan rings is 1. The molecule has 0 unspecified atom stereocenters. The second-order valence-corrected chi connectivity index (χ2v) is 6.81. The molecule has 0 aliphatic carbocycles. The Labute approximate surface area is 201 Å². The minimum Gasteiger partial charge on any atom is -0.497 e. The number of hydrogen-bond donors (Lipinski definition) is 2. The van der Waals surface area contributed by atoms with Crippen LogP contribution in [0.15, 0.2) is 39.9 Å². The molecule has 0 spiro atoms. The summed E-state index contributed by atoms with van der Waals surface area (Å²) in [6, 6.07) is 7.55. The van der Waals surface area contributed by atoms with Gasteiger partial charge >= 0.3 is 0 Å². The Kier molecular flexibility index (Phi) is 11.8. The molecule has 0 saturated carbocycles. The molecular formula is C22H33IN4O4. The van der Waals surface area contributed by atoms with E-state index < -0.39 is 0 Å². The van der Waals surface area contributed by atoms with Crippen LogP contribution in [0.5, 0.6) is 11.5 Å². The van der Waals surface area contributed by atoms with Gasteiger partial charge in [0.25, 0.3) is 5.91 Å². The van der Waals surface area contributed by atoms with Gasteiger partial charge in [-0.3, -0.25) is 9.79 Å². The third-order valence-electron chi connectivity index (χ3n) is 4.55. The van der Waals surface area contributed by atoms with Gasteiger partial charge < -0.3 is 29.4 Å². The van der Waals surface area contributed by atoms with Crippen molar-refractivity contribution in [1.29, 1.82) is 0 Å². The number of methoxy groups -OCH3 is 2. The first kappa shape index (κ1) is 26.6. The van der Waals surface area contributed by atoms with Crippen molar-refractivity contribution in [3.63, 3.8) is 0 Å². The summed E-state index contributed by atoms with van der Waals surface area (Å²) in [5.41, 5.74) is 1.86. The molecule has 1 aromatic heterocycles. The average Bonchev–Trinajstić information content (AvgIpc) is 3.18. The summed E-state index contributed by atoms with van der Waals surface area (Å²) in [5.74, 6) is 2.49. The van der Waals surface area contributed by atoms with E-state index in [4.69, 9.17) is 13.9 Å². The summed E-state index contributed by atoms with van der Waals surface area (Å²) < 4.78 is 15.9. The van der Waals surface area contributed by atoms with E-state index in [0.29, 0.717) is 25.4 Å². The molecule has 31 heavy (non-hydrogen) atoms. The first-order valence-corrected chi connectivity index (χ1v) is 10.0. The van der Waals surface area contributed by atoms with Crippen LogP contribution in [0.25, 0.3) is 0 Å². The Balaban J connectivity index is 0.00000480. The maximum Gasteiger partial charge on any atom is 0.287 e. The topological polar surface area (TPSA) is 88.3 Å². The third kappa shape index (κ3) is 7.97. The lowest BCUT2D eigenvalue weighted by atomic mass is 10.2. The Morgan fingerprint density at radius 3 is 2.58 bits per heavy atom. The van der Waals surface area contributed by atoms with Gasteiger partial charge in [0.05, 0.1) is 20.5 Å². The smallest absolute Gasteiger partial charge is 0.287 e. The van der Waals surface area contributed by atoms with Crippen molar-refractivity contribution in [2.75, 3.05) is 40.9 Å². The molecule has 2 N–H and O–H groups in total. The molecule has 0 bridgehead atoms. The first-order chi connectivity index (χ1) is 14.5. The molecule has 2 rings (SSSR count). The number of carbonyl (C=O) groups excluding carboxylic acids is 1. The number of halogens is 1. The lowest BCUT2D eigenvalue weighted by Gasteiger charge is -2.23. The van der Waals surface area contributed by atoms with E-state index in [1.165, 1.54) is 6.26 Å². The van der Waals surface area contributed by atoms with Crippen LogP contribution in [0.1, 0.15) is 35.0 Å². The predicted molar refractivity (Wildman–Crippen MR) is 133 cm³/mol. The highest BCUT2D eigenvalue weighted by Gasteiger charge is 2.12. The van der Waals surface area contributed by atoms with Gasteiger partial charge in [-0.05, 0) is 38.5 Å². The molecule has 0 aliphatic rings. The number of nitrogens with one attached hydrogen (secondary N) is 2. The zero-order chi connectivity index (χ0) is 21.9. The van der Waals surface area contributed by atoms with E-state index in [9.17, 15) is 4.79 Å². The van der Waals surface area contributed by atoms with Crippen molar-refractivity contribution >= 4 is 35.8 Å². The van der Waals surface area contributed by atoms with Crippen LogP contribution in [0.4, 0.5) is 0 Å². The molecule has 0 fully saturated rings. The summed E-state index contributed by atoms with van der Waals surface area (Å²) in [6.45, 7) is 6.38. The largest absolute Gasteiger partial charge is 0.497 e. The van der Waals surface area contributed by atoms with Crippen LogP contribution in [0, 0.1) is 6.92 Å². The number of ether oxygens (including phenoxy) is 2. The first-order valence-electron chi connectivity index (χ1n) is 10.0. The molecule has 0 atom stereocenters. The van der Waals surface area contributed by atoms with Crippen LogP contribution in [0.3, 0.4) is 0 Å². The Bertz CT molecular complexity index is 854. The monoisotopic (exact) mass is 544 g/mol. The lowest BCUT2D eigenvalue weighted by molar-refractivity contribution is 0.0925. The fourth-order valence-corrected chi connectivity index (χ4v) is 2.93. The summed E-state index contributed by atoms with van der Waals surface area (Å²) in [4.78, 5) is 18.8. The van der Waals surface area contributed by atoms with Gasteiger partial charge in [-0.15, -0.1) is 24.0 Å². The number of aliphatic imine (C=N–C) groups is 1. The Morgan fingerprint density at radius 1 is 1.19 bits per heavy atom. The van der Waals surface area contributed by atoms with Gasteiger partial charge in [-0.25, -0.2) is 0 Å². The van der Waals surface area contributed by atoms with Gasteiger partial charge in [-0.1, -0.05) is 0 Å². The minimum atomic E-state index is -0.197. The molecule has 0 saturated heterocycles. The fraction of sp³-hybridized carbons (Fsp3) is 0.455. The van der Waals surface area contributed by atoms with E-state index in [1.54, 1.807) is 20.3 Å². The van der Waals surface area contributed by atoms with Crippen LogP contribution >= 0.6 is 24.0 Å². The number of rotatable bonds is 10. The molecule has 172 valence electrons. The van der Waals surface area contributed by atoms with Crippen LogP contribution in [0.2, 0.25) is 0 Å². The van der Waals surface area contributed by atoms with Crippen molar-refractivity contribution in [2.24, 2.45) is 4.99 Å². The Hall–Kier alpha value is -2.43. The second-order valence-electron chi connectivity index (χ2n) is 6.81. The highest BCUT2D eigenvalue weighted by atomic mass is 127. The van der Waals surface area contributed by atoms with Crippen molar-refractivity contribution in [3.05, 3.63) is 47.4 Å². The molecule has 1 aromatic carbocycles. The van der Waals surface area contributed by atoms with Gasteiger partial charge in [0.2, 0.25) is 0 Å². The standard InChI is InChI=1S/C22H32N4O4.HI/c1-6-23-22(25-12-7-11-24-21(27)20-16(2)10-13-30-20)26(3)15-17-8-9-18(28-4)14-19(17)29-5;/h8-10,13-14H,6-7,11-12,15H2,1-5H3,(H,23,25)(H,24,27);1H. The number of hydrogen-bond acceptors (Lipinski definition) is 5. The molecule has 1 amide bonds. The molecule has 2 aromatic rings. The third-order valence-corrected chi connectivity index (χ3v) is 4.55. The van der Waals surface area contributed by atoms with E-state index in [0.717, 1.165) is 41.6 Å². The number of carbonyl (C=O) groups is 1. The van der Waals surface area contributed by atoms with E-state index in [-0.39, 0.29) is 29.9 Å². The summed E-state index contributed by atoms with van der Waals surface area (Å²) in [6.07, 6.45) is 2.24. The van der Waals surface area contributed by atoms with Gasteiger partial charge in [0.1, 0.15) is 11.5 Å². The normalized spacial score (nSPS) is 10.8. The zero-order valence-electron chi connectivity index (χ0n) is 18.9. The van der Waals surface area contributed by atoms with Crippen LogP contribution in [-0.2, 0) is 6.54 Å². The highest BCUT2D eigenvalue weighted by Crippen LogP contribution is 2.25. The molecule has 0 aliphatic heterocycles. The van der Waals surface area contributed by atoms with Crippen molar-refractivity contribution in [2.45, 2.75) is 26.8 Å². The number of aryl methyl sites for hydroxylation is 1. The minimum absolute atomic E-state index is 0. The highest BCUT2D eigenvalue weighted by molar-refractivity contribution is 14.0. The van der Waals surface area contributed by atoms with E-state index in [1.807, 2.05) is 44.0 Å². The number of benzene rings is 1. The quantitative estimate of drug-likeness (QED) is 0.206. The van der Waals surface area contributed by atoms with Crippen molar-refractivity contribution < 1.29 is 18.7 Å². The predicted octanol–water partition coefficient (Wildman–Crippen LogP) is 3.44. The lowest BCUT2D eigenvalue weighted by Crippen LogP contribution is -2.38. The van der Waals surface area contributed by atoms with Crippen LogP contribution < -0.4 is 20.1 Å². The summed E-state index contributed by atoms with van der Waals surface area (Å²) >= 11 is 0. The molecule has 0 radical (unpaired) electrons. The molecule has 9 heteroatoms. The SMILES string of the molecule is CCNC(=NCCCNC(=O)c1occc1C)N(C)Cc1ccc(OC)cc1OC.I. The van der Waals surface area contributed by atoms with Crippen LogP contribution in [-0.4, -0.2) is 57.7 Å². The summed E-state index contributed by atoms with van der Waals surface area (Å²) in [7, 11) is 5.26. The number of guanidine groups is 1. The fourth-order valence-electron chi connectivity index (χ4n) is 2.93. The second kappa shape index (κ2) is 13.8. The number of amides is 1. The van der Waals surface area contributed by atoms with Crippen molar-refractivity contribution in [1.82, 2.24) is 15.5 Å². The molecule has 8 nitrogen and oxygen atoms in total. The maximum atomic E-state index is 12.1. The molecular weight excluding hydrogens is 511 g/mol. The number of nitrogens with zero attached hydrogens (tertiary/aromatic N) is 2. The van der Waals surface area contributed by atoms with Gasteiger partial charge in [0.15, 0.2) is 11.7 Å². The van der Waals surface area contributed by atoms with Gasteiger partial charge in [-0.2, -0.15) is 0 Å². The average molecular weight is 544 g/mol. The maximum absolute atomic E-state index is 12.1. The van der Waals surface area contributed by atoms with Gasteiger partial charge in [0, 0.05) is 50.4 Å². The van der Waals surface area contributed by atoms with Crippen molar-refractivity contribution in [3.8, 4) is 11.5 Å². The molecule has 1 heterocycles. The van der Waals surface area contributed by atoms with E-state index in [2.05, 4.69) is 15.6 Å². The Morgan fingerprint density at radius 2 is 1.97 bits per heavy atom. The summed E-state index contributed by atoms with van der Waals surface area (Å²) in [5, 5.41) is 6.16.